The highest BCUT2D eigenvalue weighted by molar-refractivity contribution is 9.10. The van der Waals surface area contributed by atoms with Crippen LogP contribution in [0.4, 0.5) is 10.1 Å². The number of rotatable bonds is 2. The largest absolute Gasteiger partial charge is 0.322 e. The first-order valence-electron chi connectivity index (χ1n) is 5.25. The number of nitrogens with one attached hydrogen (secondary N) is 1. The monoisotopic (exact) mass is 296 g/mol. The summed E-state index contributed by atoms with van der Waals surface area (Å²) in [4.78, 5) is 11.9. The molecule has 1 amide bonds. The molecule has 0 aromatic heterocycles. The third-order valence-corrected chi connectivity index (χ3v) is 3.53. The Morgan fingerprint density at radius 1 is 1.53 bits per heavy atom. The third-order valence-electron chi connectivity index (χ3n) is 3.04. The van der Waals surface area contributed by atoms with Gasteiger partial charge in [-0.05, 0) is 37.5 Å². The molecule has 0 atom stereocenters. The average Bonchev–Trinajstić information content (AvgIpc) is 2.21. The molecule has 5 heteroatoms. The van der Waals surface area contributed by atoms with E-state index < -0.39 is 17.1 Å². The summed E-state index contributed by atoms with van der Waals surface area (Å²) in [5.41, 5.74) is -0.848. The molecule has 0 saturated heterocycles. The minimum Gasteiger partial charge on any atom is -0.322 e. The van der Waals surface area contributed by atoms with Crippen LogP contribution in [0.2, 0.25) is 0 Å². The number of nitriles is 1. The molecule has 0 radical (unpaired) electrons. The van der Waals surface area contributed by atoms with Crippen molar-refractivity contribution in [3.05, 3.63) is 28.5 Å². The number of anilines is 1. The molecule has 1 aliphatic rings. The van der Waals surface area contributed by atoms with Gasteiger partial charge in [0.1, 0.15) is 11.2 Å². The predicted octanol–water partition coefficient (Wildman–Crippen LogP) is 3.22. The van der Waals surface area contributed by atoms with E-state index in [1.165, 1.54) is 12.1 Å². The molecule has 1 aromatic carbocycles. The quantitative estimate of drug-likeness (QED) is 0.911. The van der Waals surface area contributed by atoms with Gasteiger partial charge in [0.15, 0.2) is 0 Å². The molecule has 1 fully saturated rings. The van der Waals surface area contributed by atoms with Crippen LogP contribution in [-0.4, -0.2) is 5.91 Å². The number of halogens is 2. The summed E-state index contributed by atoms with van der Waals surface area (Å²) < 4.78 is 14.1. The van der Waals surface area contributed by atoms with E-state index in [1.807, 2.05) is 6.07 Å². The lowest BCUT2D eigenvalue weighted by atomic mass is 9.69. The van der Waals surface area contributed by atoms with Crippen LogP contribution in [0, 0.1) is 22.6 Å². The van der Waals surface area contributed by atoms with E-state index in [1.54, 1.807) is 6.07 Å². The summed E-state index contributed by atoms with van der Waals surface area (Å²) >= 11 is 3.14. The zero-order valence-electron chi connectivity index (χ0n) is 8.96. The van der Waals surface area contributed by atoms with Gasteiger partial charge >= 0.3 is 0 Å². The fraction of sp³-hybridized carbons (Fsp3) is 0.333. The molecule has 3 nitrogen and oxygen atoms in total. The van der Waals surface area contributed by atoms with E-state index in [2.05, 4.69) is 21.2 Å². The number of benzene rings is 1. The summed E-state index contributed by atoms with van der Waals surface area (Å²) in [6, 6.07) is 6.41. The van der Waals surface area contributed by atoms with E-state index in [0.717, 1.165) is 6.42 Å². The van der Waals surface area contributed by atoms with Crippen LogP contribution in [0.15, 0.2) is 22.7 Å². The molecule has 1 saturated carbocycles. The standard InChI is InChI=1S/C12H10BrFN2O/c13-8-2-3-10(9(14)6-8)16-11(17)12(7-15)4-1-5-12/h2-3,6H,1,4-5H2,(H,16,17). The maximum absolute atomic E-state index is 13.5. The van der Waals surface area contributed by atoms with Crippen molar-refractivity contribution in [1.82, 2.24) is 0 Å². The van der Waals surface area contributed by atoms with E-state index in [9.17, 15) is 9.18 Å². The van der Waals surface area contributed by atoms with Crippen molar-refractivity contribution in [1.29, 1.82) is 5.26 Å². The van der Waals surface area contributed by atoms with Gasteiger partial charge in [-0.3, -0.25) is 4.79 Å². The molecule has 17 heavy (non-hydrogen) atoms. The number of carbonyl (C=O) groups is 1. The van der Waals surface area contributed by atoms with Crippen molar-refractivity contribution in [2.75, 3.05) is 5.32 Å². The van der Waals surface area contributed by atoms with Gasteiger partial charge in [-0.15, -0.1) is 0 Å². The lowest BCUT2D eigenvalue weighted by Gasteiger charge is -2.33. The van der Waals surface area contributed by atoms with Gasteiger partial charge in [0.05, 0.1) is 11.8 Å². The zero-order chi connectivity index (χ0) is 12.5. The summed E-state index contributed by atoms with van der Waals surface area (Å²) in [6.45, 7) is 0. The Morgan fingerprint density at radius 3 is 2.71 bits per heavy atom. The molecule has 0 unspecified atom stereocenters. The van der Waals surface area contributed by atoms with Gasteiger partial charge in [-0.25, -0.2) is 4.39 Å². The van der Waals surface area contributed by atoms with Crippen LogP contribution in [0.3, 0.4) is 0 Å². The van der Waals surface area contributed by atoms with E-state index in [0.29, 0.717) is 17.3 Å². The van der Waals surface area contributed by atoms with Crippen LogP contribution in [0.1, 0.15) is 19.3 Å². The number of hydrogen-bond acceptors (Lipinski definition) is 2. The van der Waals surface area contributed by atoms with E-state index >= 15 is 0 Å². The number of hydrogen-bond donors (Lipinski definition) is 1. The zero-order valence-corrected chi connectivity index (χ0v) is 10.6. The molecular weight excluding hydrogens is 287 g/mol. The van der Waals surface area contributed by atoms with Gasteiger partial charge in [0.2, 0.25) is 5.91 Å². The molecule has 0 aliphatic heterocycles. The number of amides is 1. The lowest BCUT2D eigenvalue weighted by Crippen LogP contribution is -2.40. The number of carbonyl (C=O) groups excluding carboxylic acids is 1. The van der Waals surface area contributed by atoms with Crippen LogP contribution >= 0.6 is 15.9 Å². The average molecular weight is 297 g/mol. The highest BCUT2D eigenvalue weighted by Crippen LogP contribution is 2.41. The second-order valence-electron chi connectivity index (χ2n) is 4.13. The third kappa shape index (κ3) is 2.18. The van der Waals surface area contributed by atoms with Crippen molar-refractivity contribution in [2.45, 2.75) is 19.3 Å². The maximum atomic E-state index is 13.5. The maximum Gasteiger partial charge on any atom is 0.244 e. The molecule has 0 bridgehead atoms. The Balaban J connectivity index is 2.16. The summed E-state index contributed by atoms with van der Waals surface area (Å²) in [6.07, 6.45) is 1.96. The Bertz CT molecular complexity index is 506. The highest BCUT2D eigenvalue weighted by Gasteiger charge is 2.44. The minimum atomic E-state index is -0.959. The SMILES string of the molecule is N#CC1(C(=O)Nc2ccc(Br)cc2F)CCC1. The van der Waals surface area contributed by atoms with Gasteiger partial charge in [0, 0.05) is 4.47 Å². The summed E-state index contributed by atoms with van der Waals surface area (Å²) in [5.74, 6) is -0.924. The van der Waals surface area contributed by atoms with Crippen molar-refractivity contribution >= 4 is 27.5 Å². The molecule has 1 N–H and O–H groups in total. The van der Waals surface area contributed by atoms with Crippen LogP contribution in [-0.2, 0) is 4.79 Å². The fourth-order valence-electron chi connectivity index (χ4n) is 1.75. The fourth-order valence-corrected chi connectivity index (χ4v) is 2.09. The molecule has 2 rings (SSSR count). The molecule has 0 spiro atoms. The Kier molecular flexibility index (Phi) is 3.16. The molecular formula is C12H10BrFN2O. The number of nitrogens with zero attached hydrogens (tertiary/aromatic N) is 1. The smallest absolute Gasteiger partial charge is 0.244 e. The second-order valence-corrected chi connectivity index (χ2v) is 5.04. The molecule has 1 aromatic rings. The van der Waals surface area contributed by atoms with Crippen molar-refractivity contribution in [3.63, 3.8) is 0 Å². The van der Waals surface area contributed by atoms with Crippen molar-refractivity contribution in [2.24, 2.45) is 5.41 Å². The molecule has 1 aliphatic carbocycles. The molecule has 0 heterocycles. The van der Waals surface area contributed by atoms with Gasteiger partial charge in [-0.2, -0.15) is 5.26 Å². The highest BCUT2D eigenvalue weighted by atomic mass is 79.9. The van der Waals surface area contributed by atoms with Crippen LogP contribution < -0.4 is 5.32 Å². The Hall–Kier alpha value is -1.41. The predicted molar refractivity (Wildman–Crippen MR) is 64.6 cm³/mol. The van der Waals surface area contributed by atoms with Gasteiger partial charge in [0.25, 0.3) is 0 Å². The van der Waals surface area contributed by atoms with Crippen molar-refractivity contribution < 1.29 is 9.18 Å². The van der Waals surface area contributed by atoms with Crippen LogP contribution in [0.5, 0.6) is 0 Å². The first-order valence-corrected chi connectivity index (χ1v) is 6.04. The minimum absolute atomic E-state index is 0.111. The second kappa shape index (κ2) is 4.46. The lowest BCUT2D eigenvalue weighted by molar-refractivity contribution is -0.126. The Labute approximate surface area is 107 Å². The summed E-state index contributed by atoms with van der Waals surface area (Å²) in [5, 5.41) is 11.5. The Morgan fingerprint density at radius 2 is 2.24 bits per heavy atom. The topological polar surface area (TPSA) is 52.9 Å². The first kappa shape index (κ1) is 12.1. The molecule has 88 valence electrons. The van der Waals surface area contributed by atoms with Crippen molar-refractivity contribution in [3.8, 4) is 6.07 Å². The van der Waals surface area contributed by atoms with Gasteiger partial charge in [-0.1, -0.05) is 15.9 Å². The normalized spacial score (nSPS) is 16.8. The summed E-state index contributed by atoms with van der Waals surface area (Å²) in [7, 11) is 0. The van der Waals surface area contributed by atoms with Crippen LogP contribution in [0.25, 0.3) is 0 Å². The van der Waals surface area contributed by atoms with E-state index in [4.69, 9.17) is 5.26 Å². The van der Waals surface area contributed by atoms with E-state index in [-0.39, 0.29) is 5.69 Å². The first-order chi connectivity index (χ1) is 8.07. The van der Waals surface area contributed by atoms with Gasteiger partial charge < -0.3 is 5.32 Å².